The number of benzene rings is 2. The van der Waals surface area contributed by atoms with Crippen LogP contribution >= 0.6 is 0 Å². The molecule has 4 unspecified atom stereocenters. The number of ether oxygens (including phenoxy) is 3. The fraction of sp³-hybridized carbons (Fsp3) is 0.400. The van der Waals surface area contributed by atoms with Gasteiger partial charge in [0.2, 0.25) is 11.2 Å². The fourth-order valence-corrected chi connectivity index (χ4v) is 3.77. The fourth-order valence-electron chi connectivity index (χ4n) is 3.77. The van der Waals surface area contributed by atoms with Crippen molar-refractivity contribution < 1.29 is 44.8 Å². The number of hydrogen-bond acceptors (Lipinski definition) is 9. The van der Waals surface area contributed by atoms with Gasteiger partial charge in [0.1, 0.15) is 12.2 Å². The molecule has 29 heavy (non-hydrogen) atoms. The first-order valence-electron chi connectivity index (χ1n) is 9.01. The van der Waals surface area contributed by atoms with Crippen LogP contribution in [0.25, 0.3) is 0 Å². The Morgan fingerprint density at radius 3 is 1.17 bits per heavy atom. The van der Waals surface area contributed by atoms with Crippen LogP contribution in [0.15, 0.2) is 60.7 Å². The molecule has 0 spiro atoms. The first kappa shape index (κ1) is 20.4. The van der Waals surface area contributed by atoms with Crippen LogP contribution in [0, 0.1) is 0 Å². The molecule has 0 bridgehead atoms. The molecule has 156 valence electrons. The third-order valence-corrected chi connectivity index (χ3v) is 5.30. The smallest absolute Gasteiger partial charge is 0.313 e. The summed E-state index contributed by atoms with van der Waals surface area (Å²) in [4.78, 5) is 0. The Labute approximate surface area is 166 Å². The Hall–Kier alpha value is -1.92. The van der Waals surface area contributed by atoms with Gasteiger partial charge in [-0.2, -0.15) is 0 Å². The number of aliphatic hydroxyl groups is 6. The molecule has 0 saturated carbocycles. The average molecular weight is 406 g/mol. The summed E-state index contributed by atoms with van der Waals surface area (Å²) >= 11 is 0. The lowest BCUT2D eigenvalue weighted by atomic mass is 9.82. The van der Waals surface area contributed by atoms with Gasteiger partial charge in [-0.1, -0.05) is 60.7 Å². The minimum Gasteiger partial charge on any atom is -0.369 e. The lowest BCUT2D eigenvalue weighted by Gasteiger charge is -2.48. The summed E-state index contributed by atoms with van der Waals surface area (Å²) in [7, 11) is 0. The molecule has 2 aliphatic rings. The van der Waals surface area contributed by atoms with Crippen LogP contribution in [0.4, 0.5) is 0 Å². The molecule has 9 nitrogen and oxygen atoms in total. The second-order valence-electron chi connectivity index (χ2n) is 7.22. The van der Waals surface area contributed by atoms with E-state index in [1.807, 2.05) is 0 Å². The van der Waals surface area contributed by atoms with Gasteiger partial charge in [-0.3, -0.25) is 0 Å². The van der Waals surface area contributed by atoms with E-state index in [1.165, 1.54) is 24.3 Å². The highest BCUT2D eigenvalue weighted by molar-refractivity contribution is 5.33. The Balaban J connectivity index is 1.95. The van der Waals surface area contributed by atoms with E-state index in [0.717, 1.165) is 0 Å². The normalized spacial score (nSPS) is 25.7. The van der Waals surface area contributed by atoms with E-state index < -0.39 is 35.4 Å². The maximum absolute atomic E-state index is 10.4. The summed E-state index contributed by atoms with van der Waals surface area (Å²) in [6, 6.07) is 15.4. The monoisotopic (exact) mass is 406 g/mol. The van der Waals surface area contributed by atoms with E-state index in [-0.39, 0.29) is 24.3 Å². The van der Waals surface area contributed by atoms with Crippen molar-refractivity contribution in [2.24, 2.45) is 0 Å². The van der Waals surface area contributed by atoms with Crippen LogP contribution < -0.4 is 0 Å². The zero-order valence-corrected chi connectivity index (χ0v) is 15.3. The van der Waals surface area contributed by atoms with Gasteiger partial charge in [-0.25, -0.2) is 0 Å². The highest BCUT2D eigenvalue weighted by Crippen LogP contribution is 2.54. The van der Waals surface area contributed by atoms with Gasteiger partial charge in [-0.15, -0.1) is 0 Å². The Morgan fingerprint density at radius 2 is 0.931 bits per heavy atom. The van der Waals surface area contributed by atoms with Crippen molar-refractivity contribution in [2.45, 2.75) is 35.4 Å². The van der Waals surface area contributed by atoms with Crippen LogP contribution in [0.3, 0.4) is 0 Å². The zero-order chi connectivity index (χ0) is 20.9. The molecule has 0 aliphatic carbocycles. The summed E-state index contributed by atoms with van der Waals surface area (Å²) in [6.45, 7) is -0.0198. The molecule has 0 radical (unpaired) electrons. The highest BCUT2D eigenvalue weighted by atomic mass is 16.8. The third-order valence-electron chi connectivity index (χ3n) is 5.30. The largest absolute Gasteiger partial charge is 0.369 e. The molecule has 2 aromatic rings. The molecule has 9 heteroatoms. The van der Waals surface area contributed by atoms with E-state index in [1.54, 1.807) is 36.4 Å². The molecule has 4 atom stereocenters. The molecule has 2 saturated heterocycles. The van der Waals surface area contributed by atoms with E-state index in [9.17, 15) is 30.6 Å². The molecule has 2 fully saturated rings. The molecule has 0 aromatic heterocycles. The molecular weight excluding hydrogens is 384 g/mol. The summed E-state index contributed by atoms with van der Waals surface area (Å²) < 4.78 is 16.5. The maximum Gasteiger partial charge on any atom is 0.313 e. The maximum atomic E-state index is 10.4. The second kappa shape index (κ2) is 6.81. The van der Waals surface area contributed by atoms with Crippen molar-refractivity contribution in [2.75, 3.05) is 13.2 Å². The summed E-state index contributed by atoms with van der Waals surface area (Å²) in [5, 5.41) is 62.3. The molecule has 2 aromatic carbocycles. The Morgan fingerprint density at radius 1 is 0.621 bits per heavy atom. The van der Waals surface area contributed by atoms with Crippen LogP contribution in [0.5, 0.6) is 0 Å². The molecular formula is C20H22O9. The van der Waals surface area contributed by atoms with Gasteiger partial charge >= 0.3 is 11.9 Å². The zero-order valence-electron chi connectivity index (χ0n) is 15.3. The van der Waals surface area contributed by atoms with E-state index >= 15 is 0 Å². The lowest BCUT2D eigenvalue weighted by molar-refractivity contribution is -0.477. The third kappa shape index (κ3) is 3.26. The predicted molar refractivity (Wildman–Crippen MR) is 95.6 cm³/mol. The molecule has 6 N–H and O–H groups in total. The SMILES string of the molecule is OC(O)(O)C(OC(c1ccccc1)(C1CO1)C(O)(O)O)(c1ccccc1)C1CO1. The number of rotatable bonds is 8. The summed E-state index contributed by atoms with van der Waals surface area (Å²) in [5.74, 6) is -7.04. The first-order chi connectivity index (χ1) is 13.6. The van der Waals surface area contributed by atoms with Gasteiger partial charge in [0, 0.05) is 0 Å². The molecule has 4 rings (SSSR count). The summed E-state index contributed by atoms with van der Waals surface area (Å²) in [5.41, 5.74) is -4.65. The molecule has 0 amide bonds. The quantitative estimate of drug-likeness (QED) is 0.235. The van der Waals surface area contributed by atoms with Gasteiger partial charge in [-0.05, 0) is 11.1 Å². The van der Waals surface area contributed by atoms with Gasteiger partial charge in [0.25, 0.3) is 0 Å². The van der Waals surface area contributed by atoms with E-state index in [0.29, 0.717) is 0 Å². The first-order valence-corrected chi connectivity index (χ1v) is 9.01. The van der Waals surface area contributed by atoms with Crippen LogP contribution in [-0.4, -0.2) is 68.0 Å². The van der Waals surface area contributed by atoms with Crippen molar-refractivity contribution in [3.8, 4) is 0 Å². The van der Waals surface area contributed by atoms with E-state index in [2.05, 4.69) is 0 Å². The highest BCUT2D eigenvalue weighted by Gasteiger charge is 2.72. The minimum atomic E-state index is -3.52. The molecule has 2 heterocycles. The van der Waals surface area contributed by atoms with Crippen LogP contribution in [-0.2, 0) is 25.4 Å². The topological polar surface area (TPSA) is 156 Å². The Bertz CT molecular complexity index is 766. The molecule has 2 aliphatic heterocycles. The minimum absolute atomic E-state index is 0.00992. The number of hydrogen-bond donors (Lipinski definition) is 6. The Kier molecular flexibility index (Phi) is 4.78. The second-order valence-corrected chi connectivity index (χ2v) is 7.22. The van der Waals surface area contributed by atoms with Gasteiger partial charge in [0.15, 0.2) is 0 Å². The van der Waals surface area contributed by atoms with Gasteiger partial charge < -0.3 is 44.8 Å². The van der Waals surface area contributed by atoms with Gasteiger partial charge in [0.05, 0.1) is 13.2 Å². The van der Waals surface area contributed by atoms with Crippen molar-refractivity contribution in [1.82, 2.24) is 0 Å². The van der Waals surface area contributed by atoms with Crippen LogP contribution in [0.1, 0.15) is 11.1 Å². The van der Waals surface area contributed by atoms with Crippen LogP contribution in [0.2, 0.25) is 0 Å². The standard InChI is InChI=1S/C20H22O9/c21-19(22,23)17(15-11-27-15,13-7-3-1-4-8-13)29-18(16-12-28-16,20(24,25)26)14-9-5-2-6-10-14/h1-10,15-16,21-26H,11-12H2. The van der Waals surface area contributed by atoms with Crippen molar-refractivity contribution in [3.05, 3.63) is 71.8 Å². The lowest BCUT2D eigenvalue weighted by Crippen LogP contribution is -2.67. The van der Waals surface area contributed by atoms with E-state index in [4.69, 9.17) is 14.2 Å². The summed E-state index contributed by atoms with van der Waals surface area (Å²) in [6.07, 6.45) is -2.12. The number of epoxide rings is 2. The van der Waals surface area contributed by atoms with Crippen molar-refractivity contribution in [1.29, 1.82) is 0 Å². The van der Waals surface area contributed by atoms with Crippen molar-refractivity contribution in [3.63, 3.8) is 0 Å². The van der Waals surface area contributed by atoms with Crippen molar-refractivity contribution >= 4 is 0 Å². The predicted octanol–water partition coefficient (Wildman–Crippen LogP) is -1.15. The average Bonchev–Trinajstić information content (AvgIpc) is 3.54.